The third-order valence-electron chi connectivity index (χ3n) is 3.26. The number of benzene rings is 1. The highest BCUT2D eigenvalue weighted by atomic mass is 16.5. The van der Waals surface area contributed by atoms with E-state index in [9.17, 15) is 5.11 Å². The molecule has 1 rings (SSSR count). The van der Waals surface area contributed by atoms with Gasteiger partial charge in [-0.15, -0.1) is 0 Å². The minimum absolute atomic E-state index is 0.0972. The molecule has 17 heavy (non-hydrogen) atoms. The molecule has 0 spiro atoms. The van der Waals surface area contributed by atoms with E-state index in [4.69, 9.17) is 4.74 Å². The van der Waals surface area contributed by atoms with Crippen molar-refractivity contribution < 1.29 is 9.84 Å². The zero-order valence-electron chi connectivity index (χ0n) is 11.7. The van der Waals surface area contributed by atoms with Crippen molar-refractivity contribution in [1.82, 2.24) is 0 Å². The summed E-state index contributed by atoms with van der Waals surface area (Å²) in [6, 6.07) is 4.15. The maximum Gasteiger partial charge on any atom is 0.142 e. The lowest BCUT2D eigenvalue weighted by Crippen LogP contribution is -2.44. The van der Waals surface area contributed by atoms with Gasteiger partial charge in [0.1, 0.15) is 5.75 Å². The van der Waals surface area contributed by atoms with Gasteiger partial charge < -0.3 is 14.7 Å². The maximum absolute atomic E-state index is 9.45. The second-order valence-electron chi connectivity index (χ2n) is 5.16. The van der Waals surface area contributed by atoms with Crippen molar-refractivity contribution in [2.24, 2.45) is 0 Å². The summed E-state index contributed by atoms with van der Waals surface area (Å²) >= 11 is 0. The lowest BCUT2D eigenvalue weighted by Gasteiger charge is -2.37. The fourth-order valence-electron chi connectivity index (χ4n) is 1.92. The molecular weight excluding hydrogens is 214 g/mol. The van der Waals surface area contributed by atoms with Gasteiger partial charge in [0.25, 0.3) is 0 Å². The summed E-state index contributed by atoms with van der Waals surface area (Å²) in [5, 5.41) is 9.45. The van der Waals surface area contributed by atoms with Crippen molar-refractivity contribution in [2.45, 2.75) is 33.2 Å². The van der Waals surface area contributed by atoms with Crippen LogP contribution in [0.2, 0.25) is 0 Å². The SMILES string of the molecule is COc1cc(C)cc(C)c1N(C)C(C)(C)CO. The van der Waals surface area contributed by atoms with E-state index in [2.05, 4.69) is 24.8 Å². The van der Waals surface area contributed by atoms with Crippen LogP contribution in [0.3, 0.4) is 0 Å². The van der Waals surface area contributed by atoms with E-state index in [0.717, 1.165) is 17.0 Å². The number of aryl methyl sites for hydroxylation is 2. The molecule has 0 aliphatic rings. The molecule has 3 nitrogen and oxygen atoms in total. The summed E-state index contributed by atoms with van der Waals surface area (Å²) in [6.45, 7) is 8.22. The fourth-order valence-corrected chi connectivity index (χ4v) is 1.92. The Morgan fingerprint density at radius 1 is 1.29 bits per heavy atom. The Bertz CT molecular complexity index is 399. The molecule has 1 aromatic rings. The monoisotopic (exact) mass is 237 g/mol. The van der Waals surface area contributed by atoms with Gasteiger partial charge in [-0.3, -0.25) is 0 Å². The lowest BCUT2D eigenvalue weighted by atomic mass is 10.0. The van der Waals surface area contributed by atoms with Gasteiger partial charge in [-0.1, -0.05) is 6.07 Å². The van der Waals surface area contributed by atoms with Crippen LogP contribution in [0.1, 0.15) is 25.0 Å². The van der Waals surface area contributed by atoms with Gasteiger partial charge in [-0.2, -0.15) is 0 Å². The molecule has 0 fully saturated rings. The molecule has 0 unspecified atom stereocenters. The fraction of sp³-hybridized carbons (Fsp3) is 0.571. The van der Waals surface area contributed by atoms with E-state index >= 15 is 0 Å². The van der Waals surface area contributed by atoms with Crippen molar-refractivity contribution in [3.8, 4) is 5.75 Å². The van der Waals surface area contributed by atoms with Crippen LogP contribution in [0.4, 0.5) is 5.69 Å². The molecule has 0 aliphatic carbocycles. The number of aliphatic hydroxyl groups is 1. The minimum Gasteiger partial charge on any atom is -0.495 e. The van der Waals surface area contributed by atoms with Crippen LogP contribution in [-0.2, 0) is 0 Å². The largest absolute Gasteiger partial charge is 0.495 e. The first-order chi connectivity index (χ1) is 7.83. The summed E-state index contributed by atoms with van der Waals surface area (Å²) in [5.41, 5.74) is 3.06. The second-order valence-corrected chi connectivity index (χ2v) is 5.16. The average molecular weight is 237 g/mol. The van der Waals surface area contributed by atoms with E-state index in [0.29, 0.717) is 0 Å². The van der Waals surface area contributed by atoms with Crippen LogP contribution >= 0.6 is 0 Å². The number of hydrogen-bond acceptors (Lipinski definition) is 3. The van der Waals surface area contributed by atoms with Crippen LogP contribution in [0, 0.1) is 13.8 Å². The number of rotatable bonds is 4. The first-order valence-electron chi connectivity index (χ1n) is 5.83. The normalized spacial score (nSPS) is 11.5. The smallest absolute Gasteiger partial charge is 0.142 e. The Morgan fingerprint density at radius 3 is 2.35 bits per heavy atom. The standard InChI is InChI=1S/C14H23NO2/c1-10-7-11(2)13(12(8-10)17-6)15(5)14(3,4)9-16/h7-8,16H,9H2,1-6H3. The second kappa shape index (κ2) is 4.96. The Labute approximate surface area is 104 Å². The molecule has 0 aliphatic heterocycles. The summed E-state index contributed by atoms with van der Waals surface area (Å²) in [4.78, 5) is 2.07. The Kier molecular flexibility index (Phi) is 4.04. The molecule has 1 aromatic carbocycles. The van der Waals surface area contributed by atoms with Crippen LogP contribution in [0.25, 0.3) is 0 Å². The van der Waals surface area contributed by atoms with Gasteiger partial charge >= 0.3 is 0 Å². The van der Waals surface area contributed by atoms with E-state index in [1.165, 1.54) is 5.56 Å². The van der Waals surface area contributed by atoms with Crippen LogP contribution in [-0.4, -0.2) is 31.4 Å². The molecule has 96 valence electrons. The van der Waals surface area contributed by atoms with Crippen molar-refractivity contribution in [2.75, 3.05) is 25.7 Å². The molecule has 1 N–H and O–H groups in total. The van der Waals surface area contributed by atoms with Gasteiger partial charge in [0, 0.05) is 7.05 Å². The molecule has 3 heteroatoms. The predicted molar refractivity (Wildman–Crippen MR) is 72.0 cm³/mol. The van der Waals surface area contributed by atoms with E-state index in [-0.39, 0.29) is 12.1 Å². The minimum atomic E-state index is -0.312. The number of methoxy groups -OCH3 is 1. The topological polar surface area (TPSA) is 32.7 Å². The van der Waals surface area contributed by atoms with Gasteiger partial charge in [0.2, 0.25) is 0 Å². The molecule has 0 amide bonds. The number of ether oxygens (including phenoxy) is 1. The number of aliphatic hydroxyl groups excluding tert-OH is 1. The predicted octanol–water partition coefficient (Wildman–Crippen LogP) is 2.52. The summed E-state index contributed by atoms with van der Waals surface area (Å²) in [5.74, 6) is 0.853. The average Bonchev–Trinajstić information content (AvgIpc) is 2.27. The Balaban J connectivity index is 3.30. The van der Waals surface area contributed by atoms with Crippen molar-refractivity contribution in [3.63, 3.8) is 0 Å². The Hall–Kier alpha value is -1.22. The van der Waals surface area contributed by atoms with Gasteiger partial charge in [-0.05, 0) is 44.9 Å². The molecule has 0 atom stereocenters. The maximum atomic E-state index is 9.45. The van der Waals surface area contributed by atoms with E-state index in [1.807, 2.05) is 27.0 Å². The molecule has 0 bridgehead atoms. The zero-order chi connectivity index (χ0) is 13.2. The molecular formula is C14H23NO2. The van der Waals surface area contributed by atoms with Crippen LogP contribution in [0.5, 0.6) is 5.75 Å². The number of nitrogens with zero attached hydrogens (tertiary/aromatic N) is 1. The van der Waals surface area contributed by atoms with Gasteiger partial charge in [0.15, 0.2) is 0 Å². The first-order valence-corrected chi connectivity index (χ1v) is 5.83. The van der Waals surface area contributed by atoms with E-state index < -0.39 is 0 Å². The third kappa shape index (κ3) is 2.72. The first kappa shape index (κ1) is 13.8. The van der Waals surface area contributed by atoms with Gasteiger partial charge in [-0.25, -0.2) is 0 Å². The number of likely N-dealkylation sites (N-methyl/N-ethyl adjacent to an activating group) is 1. The molecule has 0 saturated carbocycles. The molecule has 0 aromatic heterocycles. The Morgan fingerprint density at radius 2 is 1.88 bits per heavy atom. The van der Waals surface area contributed by atoms with Crippen LogP contribution < -0.4 is 9.64 Å². The van der Waals surface area contributed by atoms with Crippen LogP contribution in [0.15, 0.2) is 12.1 Å². The van der Waals surface area contributed by atoms with Crippen molar-refractivity contribution in [1.29, 1.82) is 0 Å². The van der Waals surface area contributed by atoms with Gasteiger partial charge in [0.05, 0.1) is 24.9 Å². The zero-order valence-corrected chi connectivity index (χ0v) is 11.7. The number of hydrogen-bond donors (Lipinski definition) is 1. The van der Waals surface area contributed by atoms with E-state index in [1.54, 1.807) is 7.11 Å². The number of anilines is 1. The highest BCUT2D eigenvalue weighted by Gasteiger charge is 2.26. The molecule has 0 radical (unpaired) electrons. The van der Waals surface area contributed by atoms with Crippen molar-refractivity contribution >= 4 is 5.69 Å². The summed E-state index contributed by atoms with van der Waals surface area (Å²) in [7, 11) is 3.66. The highest BCUT2D eigenvalue weighted by Crippen LogP contribution is 2.35. The van der Waals surface area contributed by atoms with Crippen molar-refractivity contribution in [3.05, 3.63) is 23.3 Å². The third-order valence-corrected chi connectivity index (χ3v) is 3.26. The quantitative estimate of drug-likeness (QED) is 0.873. The molecule has 0 heterocycles. The summed E-state index contributed by atoms with van der Waals surface area (Å²) in [6.07, 6.45) is 0. The summed E-state index contributed by atoms with van der Waals surface area (Å²) < 4.78 is 5.44. The molecule has 0 saturated heterocycles. The highest BCUT2D eigenvalue weighted by molar-refractivity contribution is 5.65. The lowest BCUT2D eigenvalue weighted by molar-refractivity contribution is 0.215.